The molecule has 0 aliphatic carbocycles. The standard InChI is InChI=1S/C17H23N3O4/c1-10(18-14(21)11-5-7-22-9-11)15-19-20-16(24-15)12-6-8-23-13(12)17(2,3)4/h5,7,9-10,12-13H,6,8H2,1-4H3,(H,18,21)/t10-,12-,13-/m0/s1. The lowest BCUT2D eigenvalue weighted by molar-refractivity contribution is 0.0169. The van der Waals surface area contributed by atoms with E-state index in [9.17, 15) is 4.79 Å². The summed E-state index contributed by atoms with van der Waals surface area (Å²) in [6, 6.07) is 1.22. The minimum Gasteiger partial charge on any atom is -0.472 e. The molecule has 7 nitrogen and oxygen atoms in total. The predicted octanol–water partition coefficient (Wildman–Crippen LogP) is 3.07. The van der Waals surface area contributed by atoms with Gasteiger partial charge in [-0.3, -0.25) is 4.79 Å². The van der Waals surface area contributed by atoms with Crippen LogP contribution in [0, 0.1) is 5.41 Å². The van der Waals surface area contributed by atoms with E-state index in [1.807, 2.05) is 6.92 Å². The molecule has 7 heteroatoms. The van der Waals surface area contributed by atoms with Gasteiger partial charge >= 0.3 is 0 Å². The number of hydrogen-bond acceptors (Lipinski definition) is 6. The lowest BCUT2D eigenvalue weighted by atomic mass is 9.81. The van der Waals surface area contributed by atoms with E-state index in [-0.39, 0.29) is 29.4 Å². The largest absolute Gasteiger partial charge is 0.472 e. The highest BCUT2D eigenvalue weighted by molar-refractivity contribution is 5.93. The molecular formula is C17H23N3O4. The van der Waals surface area contributed by atoms with Gasteiger partial charge in [-0.05, 0) is 24.8 Å². The summed E-state index contributed by atoms with van der Waals surface area (Å²) in [4.78, 5) is 12.1. The summed E-state index contributed by atoms with van der Waals surface area (Å²) in [7, 11) is 0. The Bertz CT molecular complexity index is 687. The average Bonchev–Trinajstić information content (AvgIpc) is 3.25. The second-order valence-electron chi connectivity index (χ2n) is 7.24. The minimum atomic E-state index is -0.385. The number of nitrogens with one attached hydrogen (secondary N) is 1. The number of furan rings is 1. The molecule has 0 radical (unpaired) electrons. The topological polar surface area (TPSA) is 90.4 Å². The summed E-state index contributed by atoms with van der Waals surface area (Å²) >= 11 is 0. The van der Waals surface area contributed by atoms with Crippen LogP contribution >= 0.6 is 0 Å². The van der Waals surface area contributed by atoms with Gasteiger partial charge in [-0.2, -0.15) is 0 Å². The third-order valence-corrected chi connectivity index (χ3v) is 4.22. The van der Waals surface area contributed by atoms with Crippen LogP contribution in [0.2, 0.25) is 0 Å². The van der Waals surface area contributed by atoms with E-state index in [1.165, 1.54) is 12.5 Å². The van der Waals surface area contributed by atoms with Crippen LogP contribution in [0.15, 0.2) is 27.4 Å². The predicted molar refractivity (Wildman–Crippen MR) is 85.4 cm³/mol. The summed E-state index contributed by atoms with van der Waals surface area (Å²) in [5.74, 6) is 0.809. The molecular weight excluding hydrogens is 310 g/mol. The van der Waals surface area contributed by atoms with Gasteiger partial charge < -0.3 is 18.9 Å². The zero-order valence-corrected chi connectivity index (χ0v) is 14.4. The quantitative estimate of drug-likeness (QED) is 0.924. The molecule has 2 aromatic heterocycles. The number of aromatic nitrogens is 2. The van der Waals surface area contributed by atoms with Crippen molar-refractivity contribution in [3.63, 3.8) is 0 Å². The first-order valence-electron chi connectivity index (χ1n) is 8.14. The van der Waals surface area contributed by atoms with E-state index in [4.69, 9.17) is 13.6 Å². The molecule has 1 aliphatic heterocycles. The highest BCUT2D eigenvalue weighted by Crippen LogP contribution is 2.40. The van der Waals surface area contributed by atoms with Crippen LogP contribution in [0.25, 0.3) is 0 Å². The summed E-state index contributed by atoms with van der Waals surface area (Å²) in [6.07, 6.45) is 3.75. The second kappa shape index (κ2) is 6.39. The molecule has 0 saturated carbocycles. The minimum absolute atomic E-state index is 0.00306. The van der Waals surface area contributed by atoms with Crippen molar-refractivity contribution in [1.82, 2.24) is 15.5 Å². The van der Waals surface area contributed by atoms with Crippen molar-refractivity contribution < 1.29 is 18.4 Å². The Morgan fingerprint density at radius 2 is 2.17 bits per heavy atom. The number of nitrogens with zero attached hydrogens (tertiary/aromatic N) is 2. The van der Waals surface area contributed by atoms with Gasteiger partial charge in [0.1, 0.15) is 12.3 Å². The average molecular weight is 333 g/mol. The van der Waals surface area contributed by atoms with Crippen LogP contribution in [0.3, 0.4) is 0 Å². The molecule has 1 N–H and O–H groups in total. The van der Waals surface area contributed by atoms with E-state index < -0.39 is 0 Å². The molecule has 1 saturated heterocycles. The zero-order valence-electron chi connectivity index (χ0n) is 14.4. The van der Waals surface area contributed by atoms with Gasteiger partial charge in [0.25, 0.3) is 5.91 Å². The third kappa shape index (κ3) is 3.36. The normalized spacial score (nSPS) is 22.5. The molecule has 0 unspecified atom stereocenters. The number of hydrogen-bond donors (Lipinski definition) is 1. The Hall–Kier alpha value is -2.15. The molecule has 1 aliphatic rings. The molecule has 0 bridgehead atoms. The molecule has 0 spiro atoms. The fourth-order valence-corrected chi connectivity index (χ4v) is 3.00. The molecule has 3 heterocycles. The van der Waals surface area contributed by atoms with Crippen LogP contribution in [-0.2, 0) is 4.74 Å². The molecule has 0 aromatic carbocycles. The van der Waals surface area contributed by atoms with Crippen molar-refractivity contribution in [2.24, 2.45) is 5.41 Å². The van der Waals surface area contributed by atoms with E-state index in [1.54, 1.807) is 6.07 Å². The summed E-state index contributed by atoms with van der Waals surface area (Å²) in [5, 5.41) is 11.1. The Labute approximate surface area is 140 Å². The highest BCUT2D eigenvalue weighted by Gasteiger charge is 2.41. The third-order valence-electron chi connectivity index (χ3n) is 4.22. The van der Waals surface area contributed by atoms with Crippen molar-refractivity contribution in [1.29, 1.82) is 0 Å². The molecule has 1 amide bonds. The fourth-order valence-electron chi connectivity index (χ4n) is 3.00. The SMILES string of the molecule is C[C@H](NC(=O)c1ccoc1)c1nnc([C@H]2CCO[C@@H]2C(C)(C)C)o1. The lowest BCUT2D eigenvalue weighted by Crippen LogP contribution is -2.30. The van der Waals surface area contributed by atoms with E-state index >= 15 is 0 Å². The van der Waals surface area contributed by atoms with Gasteiger partial charge in [-0.1, -0.05) is 20.8 Å². The van der Waals surface area contributed by atoms with E-state index in [0.29, 0.717) is 24.0 Å². The maximum atomic E-state index is 12.1. The molecule has 3 atom stereocenters. The van der Waals surface area contributed by atoms with Gasteiger partial charge in [0.05, 0.1) is 23.8 Å². The first kappa shape index (κ1) is 16.7. The van der Waals surface area contributed by atoms with Crippen LogP contribution in [0.4, 0.5) is 0 Å². The van der Waals surface area contributed by atoms with Gasteiger partial charge in [0.15, 0.2) is 0 Å². The summed E-state index contributed by atoms with van der Waals surface area (Å²) in [6.45, 7) is 8.92. The van der Waals surface area contributed by atoms with Crippen molar-refractivity contribution >= 4 is 5.91 Å². The Balaban J connectivity index is 1.70. The van der Waals surface area contributed by atoms with Crippen LogP contribution in [0.5, 0.6) is 0 Å². The Morgan fingerprint density at radius 1 is 1.38 bits per heavy atom. The second-order valence-corrected chi connectivity index (χ2v) is 7.24. The Morgan fingerprint density at radius 3 is 2.83 bits per heavy atom. The van der Waals surface area contributed by atoms with Crippen molar-refractivity contribution in [2.75, 3.05) is 6.61 Å². The van der Waals surface area contributed by atoms with Crippen molar-refractivity contribution in [3.8, 4) is 0 Å². The fraction of sp³-hybridized carbons (Fsp3) is 0.588. The smallest absolute Gasteiger partial charge is 0.255 e. The first-order chi connectivity index (χ1) is 11.4. The van der Waals surface area contributed by atoms with Gasteiger partial charge in [-0.25, -0.2) is 0 Å². The summed E-state index contributed by atoms with van der Waals surface area (Å²) < 4.78 is 16.6. The van der Waals surface area contributed by atoms with Gasteiger partial charge in [-0.15, -0.1) is 10.2 Å². The highest BCUT2D eigenvalue weighted by atomic mass is 16.5. The number of rotatable bonds is 4. The van der Waals surface area contributed by atoms with Crippen LogP contribution in [-0.4, -0.2) is 28.8 Å². The first-order valence-corrected chi connectivity index (χ1v) is 8.14. The summed E-state index contributed by atoms with van der Waals surface area (Å²) in [5.41, 5.74) is 0.454. The van der Waals surface area contributed by atoms with Gasteiger partial charge in [0, 0.05) is 6.61 Å². The maximum Gasteiger partial charge on any atom is 0.255 e. The van der Waals surface area contributed by atoms with Crippen molar-refractivity contribution in [3.05, 3.63) is 35.9 Å². The van der Waals surface area contributed by atoms with Crippen LogP contribution < -0.4 is 5.32 Å². The maximum absolute atomic E-state index is 12.1. The molecule has 2 aromatic rings. The van der Waals surface area contributed by atoms with Crippen LogP contribution in [0.1, 0.15) is 68.2 Å². The zero-order chi connectivity index (χ0) is 17.3. The van der Waals surface area contributed by atoms with E-state index in [2.05, 4.69) is 36.3 Å². The van der Waals surface area contributed by atoms with Gasteiger partial charge in [0.2, 0.25) is 11.8 Å². The van der Waals surface area contributed by atoms with Crippen molar-refractivity contribution in [2.45, 2.75) is 52.2 Å². The number of ether oxygens (including phenoxy) is 1. The number of carbonyl (C=O) groups excluding carboxylic acids is 1. The number of amides is 1. The molecule has 1 fully saturated rings. The molecule has 24 heavy (non-hydrogen) atoms. The number of carbonyl (C=O) groups is 1. The lowest BCUT2D eigenvalue weighted by Gasteiger charge is -2.29. The molecule has 3 rings (SSSR count). The van der Waals surface area contributed by atoms with E-state index in [0.717, 1.165) is 6.42 Å². The molecule has 130 valence electrons. The Kier molecular flexibility index (Phi) is 4.45. The monoisotopic (exact) mass is 333 g/mol.